The summed E-state index contributed by atoms with van der Waals surface area (Å²) in [7, 11) is 1.43. The third-order valence-electron chi connectivity index (χ3n) is 2.38. The van der Waals surface area contributed by atoms with Gasteiger partial charge in [0.15, 0.2) is 0 Å². The minimum absolute atomic E-state index is 0.109. The quantitative estimate of drug-likeness (QED) is 0.841. The van der Waals surface area contributed by atoms with E-state index >= 15 is 0 Å². The zero-order valence-electron chi connectivity index (χ0n) is 9.17. The highest BCUT2D eigenvalue weighted by Crippen LogP contribution is 2.25. The van der Waals surface area contributed by atoms with Gasteiger partial charge in [0, 0.05) is 17.0 Å². The highest BCUT2D eigenvalue weighted by Gasteiger charge is 2.11. The summed E-state index contributed by atoms with van der Waals surface area (Å²) >= 11 is 0. The fourth-order valence-electron chi connectivity index (χ4n) is 1.65. The second-order valence-electron chi connectivity index (χ2n) is 3.60. The zero-order chi connectivity index (χ0) is 12.4. The van der Waals surface area contributed by atoms with E-state index in [9.17, 15) is 9.90 Å². The van der Waals surface area contributed by atoms with Crippen molar-refractivity contribution < 1.29 is 19.7 Å². The van der Waals surface area contributed by atoms with Crippen LogP contribution in [0.1, 0.15) is 5.56 Å². The van der Waals surface area contributed by atoms with E-state index in [1.807, 2.05) is 0 Å². The first-order valence-corrected chi connectivity index (χ1v) is 4.98. The Morgan fingerprint density at radius 3 is 2.82 bits per heavy atom. The van der Waals surface area contributed by atoms with E-state index in [0.717, 1.165) is 5.39 Å². The van der Waals surface area contributed by atoms with E-state index in [4.69, 9.17) is 9.84 Å². The topological polar surface area (TPSA) is 79.7 Å². The molecular weight excluding hydrogens is 222 g/mol. The van der Waals surface area contributed by atoms with Crippen LogP contribution in [0.25, 0.3) is 10.9 Å². The summed E-state index contributed by atoms with van der Waals surface area (Å²) in [5.74, 6) is -0.563. The second-order valence-corrected chi connectivity index (χ2v) is 3.60. The van der Waals surface area contributed by atoms with Crippen LogP contribution in [0.2, 0.25) is 0 Å². The van der Waals surface area contributed by atoms with Crippen LogP contribution in [0.15, 0.2) is 24.3 Å². The molecule has 5 heteroatoms. The van der Waals surface area contributed by atoms with Crippen molar-refractivity contribution in [3.05, 3.63) is 29.8 Å². The average molecular weight is 233 g/mol. The summed E-state index contributed by atoms with van der Waals surface area (Å²) in [5.41, 5.74) is 1.08. The number of methoxy groups -OCH3 is 1. The molecule has 0 unspecified atom stereocenters. The Bertz CT molecular complexity index is 580. The van der Waals surface area contributed by atoms with Crippen molar-refractivity contribution in [3.8, 4) is 11.6 Å². The molecule has 0 saturated heterocycles. The number of phenols is 1. The first kappa shape index (κ1) is 11.2. The number of benzene rings is 1. The van der Waals surface area contributed by atoms with Gasteiger partial charge in [-0.15, -0.1) is 0 Å². The number of pyridine rings is 1. The summed E-state index contributed by atoms with van der Waals surface area (Å²) in [6.45, 7) is 0. The van der Waals surface area contributed by atoms with Gasteiger partial charge < -0.3 is 14.9 Å². The number of ether oxygens (including phenoxy) is 1. The molecule has 0 atom stereocenters. The van der Waals surface area contributed by atoms with Gasteiger partial charge in [0.1, 0.15) is 5.75 Å². The van der Waals surface area contributed by atoms with Crippen molar-refractivity contribution >= 4 is 16.9 Å². The van der Waals surface area contributed by atoms with E-state index in [0.29, 0.717) is 11.1 Å². The standard InChI is InChI=1S/C12H11NO4/c1-17-12-8(5-11(15)16)4-7-2-3-9(14)6-10(7)13-12/h2-4,6,14H,5H2,1H3,(H,15,16). The number of hydrogen-bond acceptors (Lipinski definition) is 4. The van der Waals surface area contributed by atoms with E-state index in [1.54, 1.807) is 12.1 Å². The molecule has 17 heavy (non-hydrogen) atoms. The van der Waals surface area contributed by atoms with Crippen LogP contribution in [-0.2, 0) is 11.2 Å². The Balaban J connectivity index is 2.60. The normalized spacial score (nSPS) is 10.4. The van der Waals surface area contributed by atoms with Crippen molar-refractivity contribution in [2.24, 2.45) is 0 Å². The number of aliphatic carboxylic acids is 1. The highest BCUT2D eigenvalue weighted by atomic mass is 16.5. The molecule has 0 saturated carbocycles. The number of aromatic nitrogens is 1. The van der Waals surface area contributed by atoms with Crippen LogP contribution in [0.5, 0.6) is 11.6 Å². The number of carboxylic acid groups (broad SMARTS) is 1. The SMILES string of the molecule is COc1nc2cc(O)ccc2cc1CC(=O)O. The number of carboxylic acids is 1. The number of fused-ring (bicyclic) bond motifs is 1. The van der Waals surface area contributed by atoms with Crippen LogP contribution < -0.4 is 4.74 Å². The molecule has 0 bridgehead atoms. The molecule has 2 rings (SSSR count). The van der Waals surface area contributed by atoms with Crippen molar-refractivity contribution in [2.45, 2.75) is 6.42 Å². The monoisotopic (exact) mass is 233 g/mol. The highest BCUT2D eigenvalue weighted by molar-refractivity contribution is 5.83. The largest absolute Gasteiger partial charge is 0.508 e. The number of nitrogens with zero attached hydrogens (tertiary/aromatic N) is 1. The maximum Gasteiger partial charge on any atom is 0.308 e. The summed E-state index contributed by atoms with van der Waals surface area (Å²) in [5, 5.41) is 18.9. The van der Waals surface area contributed by atoms with Gasteiger partial charge >= 0.3 is 5.97 Å². The lowest BCUT2D eigenvalue weighted by molar-refractivity contribution is -0.136. The third-order valence-corrected chi connectivity index (χ3v) is 2.38. The Morgan fingerprint density at radius 2 is 2.18 bits per heavy atom. The molecule has 88 valence electrons. The summed E-state index contributed by atoms with van der Waals surface area (Å²) in [6.07, 6.45) is -0.146. The summed E-state index contributed by atoms with van der Waals surface area (Å²) < 4.78 is 5.04. The molecule has 1 aromatic heterocycles. The number of hydrogen-bond donors (Lipinski definition) is 2. The minimum atomic E-state index is -0.941. The van der Waals surface area contributed by atoms with E-state index in [1.165, 1.54) is 19.2 Å². The van der Waals surface area contributed by atoms with Crippen LogP contribution >= 0.6 is 0 Å². The Hall–Kier alpha value is -2.30. The molecule has 0 spiro atoms. The average Bonchev–Trinajstić information content (AvgIpc) is 2.28. The predicted molar refractivity (Wildman–Crippen MR) is 61.3 cm³/mol. The van der Waals surface area contributed by atoms with Crippen molar-refractivity contribution in [1.29, 1.82) is 0 Å². The fraction of sp³-hybridized carbons (Fsp3) is 0.167. The van der Waals surface area contributed by atoms with Crippen LogP contribution in [-0.4, -0.2) is 28.3 Å². The second kappa shape index (κ2) is 4.29. The molecule has 2 N–H and O–H groups in total. The van der Waals surface area contributed by atoms with Gasteiger partial charge in [0.25, 0.3) is 0 Å². The van der Waals surface area contributed by atoms with E-state index in [2.05, 4.69) is 4.98 Å². The number of phenolic OH excluding ortho intramolecular Hbond substituents is 1. The molecule has 0 amide bonds. The molecule has 1 heterocycles. The Kier molecular flexibility index (Phi) is 2.82. The lowest BCUT2D eigenvalue weighted by atomic mass is 10.1. The smallest absolute Gasteiger partial charge is 0.308 e. The summed E-state index contributed by atoms with van der Waals surface area (Å²) in [4.78, 5) is 14.9. The third kappa shape index (κ3) is 2.28. The van der Waals surface area contributed by atoms with Gasteiger partial charge in [-0.2, -0.15) is 0 Å². The fourth-order valence-corrected chi connectivity index (χ4v) is 1.65. The lowest BCUT2D eigenvalue weighted by Crippen LogP contribution is -2.03. The first-order valence-electron chi connectivity index (χ1n) is 4.98. The van der Waals surface area contributed by atoms with Gasteiger partial charge in [-0.1, -0.05) is 0 Å². The first-order chi connectivity index (χ1) is 8.10. The van der Waals surface area contributed by atoms with Gasteiger partial charge in [0.2, 0.25) is 5.88 Å². The van der Waals surface area contributed by atoms with Crippen LogP contribution in [0.3, 0.4) is 0 Å². The molecule has 0 aliphatic heterocycles. The van der Waals surface area contributed by atoms with Gasteiger partial charge in [-0.3, -0.25) is 4.79 Å². The predicted octanol–water partition coefficient (Wildman–Crippen LogP) is 1.58. The molecular formula is C12H11NO4. The molecule has 0 aliphatic carbocycles. The molecule has 0 fully saturated rings. The molecule has 5 nitrogen and oxygen atoms in total. The minimum Gasteiger partial charge on any atom is -0.508 e. The lowest BCUT2D eigenvalue weighted by Gasteiger charge is -2.07. The number of aromatic hydroxyl groups is 1. The number of carbonyl (C=O) groups is 1. The number of rotatable bonds is 3. The Labute approximate surface area is 97.3 Å². The maximum absolute atomic E-state index is 10.7. The molecule has 2 aromatic rings. The summed E-state index contributed by atoms with van der Waals surface area (Å²) in [6, 6.07) is 6.42. The molecule has 0 aliphatic rings. The van der Waals surface area contributed by atoms with E-state index in [-0.39, 0.29) is 18.1 Å². The molecule has 0 radical (unpaired) electrons. The van der Waals surface area contributed by atoms with Crippen LogP contribution in [0, 0.1) is 0 Å². The molecule has 1 aromatic carbocycles. The van der Waals surface area contributed by atoms with Crippen LogP contribution in [0.4, 0.5) is 0 Å². The van der Waals surface area contributed by atoms with Crippen molar-refractivity contribution in [3.63, 3.8) is 0 Å². The van der Waals surface area contributed by atoms with Gasteiger partial charge in [-0.05, 0) is 18.2 Å². The van der Waals surface area contributed by atoms with Crippen molar-refractivity contribution in [2.75, 3.05) is 7.11 Å². The van der Waals surface area contributed by atoms with Gasteiger partial charge in [0.05, 0.1) is 19.0 Å². The zero-order valence-corrected chi connectivity index (χ0v) is 9.17. The maximum atomic E-state index is 10.7. The Morgan fingerprint density at radius 1 is 1.41 bits per heavy atom. The van der Waals surface area contributed by atoms with Gasteiger partial charge in [-0.25, -0.2) is 4.98 Å². The van der Waals surface area contributed by atoms with E-state index < -0.39 is 5.97 Å². The van der Waals surface area contributed by atoms with Crippen molar-refractivity contribution in [1.82, 2.24) is 4.98 Å².